The van der Waals surface area contributed by atoms with Crippen LogP contribution >= 0.6 is 0 Å². The third-order valence-electron chi connectivity index (χ3n) is 3.18. The first-order chi connectivity index (χ1) is 9.85. The summed E-state index contributed by atoms with van der Waals surface area (Å²) in [6.45, 7) is 12.3. The predicted molar refractivity (Wildman–Crippen MR) is 88.4 cm³/mol. The van der Waals surface area contributed by atoms with Crippen LogP contribution in [0.5, 0.6) is 0 Å². The molecule has 1 atom stereocenters. The summed E-state index contributed by atoms with van der Waals surface area (Å²) >= 11 is 0. The van der Waals surface area contributed by atoms with Crippen LogP contribution in [0, 0.1) is 0 Å². The van der Waals surface area contributed by atoms with E-state index in [2.05, 4.69) is 6.58 Å². The number of allylic oxidation sites excluding steroid dienone is 1. The summed E-state index contributed by atoms with van der Waals surface area (Å²) in [6.07, 6.45) is 9.93. The maximum absolute atomic E-state index is 11.7. The Morgan fingerprint density at radius 1 is 1.14 bits per heavy atom. The van der Waals surface area contributed by atoms with Gasteiger partial charge in [-0.1, -0.05) is 25.3 Å². The molecule has 0 amide bonds. The van der Waals surface area contributed by atoms with Crippen LogP contribution in [0.1, 0.15) is 79.1 Å². The third kappa shape index (κ3) is 15.4. The average molecular weight is 298 g/mol. The molecule has 0 aliphatic carbocycles. The topological polar surface area (TPSA) is 35.5 Å². The highest BCUT2D eigenvalue weighted by molar-refractivity contribution is 5.69. The molecule has 0 N–H and O–H groups in total. The van der Waals surface area contributed by atoms with E-state index < -0.39 is 0 Å². The summed E-state index contributed by atoms with van der Waals surface area (Å²) in [5.41, 5.74) is -0.130. The van der Waals surface area contributed by atoms with Crippen LogP contribution in [0.15, 0.2) is 12.7 Å². The normalized spacial score (nSPS) is 13.0. The van der Waals surface area contributed by atoms with E-state index in [1.54, 1.807) is 0 Å². The molecule has 0 rings (SSSR count). The van der Waals surface area contributed by atoms with Crippen molar-refractivity contribution in [2.45, 2.75) is 90.8 Å². The van der Waals surface area contributed by atoms with E-state index in [0.29, 0.717) is 13.0 Å². The van der Waals surface area contributed by atoms with E-state index in [1.165, 1.54) is 19.3 Å². The second-order valence-corrected chi connectivity index (χ2v) is 6.65. The smallest absolute Gasteiger partial charge is 0.306 e. The van der Waals surface area contributed by atoms with Crippen molar-refractivity contribution in [3.8, 4) is 0 Å². The Morgan fingerprint density at radius 3 is 2.38 bits per heavy atom. The lowest BCUT2D eigenvalue weighted by atomic mass is 10.1. The van der Waals surface area contributed by atoms with Crippen molar-refractivity contribution in [2.24, 2.45) is 0 Å². The maximum Gasteiger partial charge on any atom is 0.306 e. The van der Waals surface area contributed by atoms with Gasteiger partial charge in [-0.3, -0.25) is 4.79 Å². The van der Waals surface area contributed by atoms with Gasteiger partial charge in [0.1, 0.15) is 6.10 Å². The fourth-order valence-corrected chi connectivity index (χ4v) is 1.96. The number of esters is 1. The molecule has 0 heterocycles. The van der Waals surface area contributed by atoms with Crippen LogP contribution in [0.25, 0.3) is 0 Å². The van der Waals surface area contributed by atoms with Crippen molar-refractivity contribution in [2.75, 3.05) is 6.61 Å². The van der Waals surface area contributed by atoms with Crippen LogP contribution in [0.3, 0.4) is 0 Å². The fourth-order valence-electron chi connectivity index (χ4n) is 1.96. The lowest BCUT2D eigenvalue weighted by Crippen LogP contribution is -2.23. The SMILES string of the molecule is C=CCCCCCCCC(=O)OC(C)CCOC(C)(C)C. The summed E-state index contributed by atoms with van der Waals surface area (Å²) in [7, 11) is 0. The molecule has 0 fully saturated rings. The van der Waals surface area contributed by atoms with E-state index in [0.717, 1.165) is 25.7 Å². The fraction of sp³-hybridized carbons (Fsp3) is 0.833. The van der Waals surface area contributed by atoms with E-state index in [9.17, 15) is 4.79 Å². The summed E-state index contributed by atoms with van der Waals surface area (Å²) in [5, 5.41) is 0. The number of hydrogen-bond donors (Lipinski definition) is 0. The summed E-state index contributed by atoms with van der Waals surface area (Å²) in [4.78, 5) is 11.7. The van der Waals surface area contributed by atoms with Crippen molar-refractivity contribution in [1.29, 1.82) is 0 Å². The van der Waals surface area contributed by atoms with Crippen molar-refractivity contribution in [1.82, 2.24) is 0 Å². The Hall–Kier alpha value is -0.830. The van der Waals surface area contributed by atoms with Gasteiger partial charge in [-0.15, -0.1) is 6.58 Å². The van der Waals surface area contributed by atoms with Gasteiger partial charge in [0.25, 0.3) is 0 Å². The van der Waals surface area contributed by atoms with Crippen molar-refractivity contribution in [3.05, 3.63) is 12.7 Å². The number of rotatable bonds is 12. The standard InChI is InChI=1S/C18H34O3/c1-6-7-8-9-10-11-12-13-17(19)21-16(2)14-15-20-18(3,4)5/h6,16H,1,7-15H2,2-5H3. The monoisotopic (exact) mass is 298 g/mol. The molecule has 0 aromatic carbocycles. The molecule has 124 valence electrons. The number of carbonyl (C=O) groups is 1. The first-order valence-electron chi connectivity index (χ1n) is 8.29. The van der Waals surface area contributed by atoms with Crippen molar-refractivity contribution in [3.63, 3.8) is 0 Å². The first-order valence-corrected chi connectivity index (χ1v) is 8.29. The molecule has 0 spiro atoms. The molecule has 0 saturated heterocycles. The van der Waals surface area contributed by atoms with E-state index >= 15 is 0 Å². The van der Waals surface area contributed by atoms with Crippen LogP contribution < -0.4 is 0 Å². The third-order valence-corrected chi connectivity index (χ3v) is 3.18. The van der Waals surface area contributed by atoms with Gasteiger partial charge >= 0.3 is 5.97 Å². The van der Waals surface area contributed by atoms with E-state index in [4.69, 9.17) is 9.47 Å². The Kier molecular flexibility index (Phi) is 11.3. The molecule has 0 saturated carbocycles. The maximum atomic E-state index is 11.7. The molecule has 1 unspecified atom stereocenters. The zero-order valence-corrected chi connectivity index (χ0v) is 14.5. The zero-order chi connectivity index (χ0) is 16.1. The molecule has 0 aromatic rings. The molecule has 0 aliphatic rings. The highest BCUT2D eigenvalue weighted by atomic mass is 16.5. The molecular weight excluding hydrogens is 264 g/mol. The second-order valence-electron chi connectivity index (χ2n) is 6.65. The Balaban J connectivity index is 3.49. The Morgan fingerprint density at radius 2 is 1.76 bits per heavy atom. The van der Waals surface area contributed by atoms with Crippen LogP contribution in [-0.4, -0.2) is 24.3 Å². The van der Waals surface area contributed by atoms with Crippen molar-refractivity contribution >= 4 is 5.97 Å². The van der Waals surface area contributed by atoms with Gasteiger partial charge in [0.05, 0.1) is 12.2 Å². The highest BCUT2D eigenvalue weighted by Crippen LogP contribution is 2.11. The van der Waals surface area contributed by atoms with E-state index in [-0.39, 0.29) is 17.7 Å². The molecule has 3 heteroatoms. The van der Waals surface area contributed by atoms with Gasteiger partial charge in [-0.05, 0) is 47.0 Å². The average Bonchev–Trinajstić information content (AvgIpc) is 2.36. The Labute approximate surface area is 131 Å². The Bertz CT molecular complexity index is 279. The van der Waals surface area contributed by atoms with Gasteiger partial charge < -0.3 is 9.47 Å². The largest absolute Gasteiger partial charge is 0.463 e. The lowest BCUT2D eigenvalue weighted by Gasteiger charge is -2.21. The van der Waals surface area contributed by atoms with E-state index in [1.807, 2.05) is 33.8 Å². The van der Waals surface area contributed by atoms with Crippen molar-refractivity contribution < 1.29 is 14.3 Å². The molecule has 3 nitrogen and oxygen atoms in total. The molecule has 0 aliphatic heterocycles. The van der Waals surface area contributed by atoms with Gasteiger partial charge in [0.2, 0.25) is 0 Å². The summed E-state index contributed by atoms with van der Waals surface area (Å²) in [6, 6.07) is 0. The molecule has 0 bridgehead atoms. The molecular formula is C18H34O3. The highest BCUT2D eigenvalue weighted by Gasteiger charge is 2.13. The van der Waals surface area contributed by atoms with Gasteiger partial charge in [-0.25, -0.2) is 0 Å². The minimum Gasteiger partial charge on any atom is -0.463 e. The molecule has 0 radical (unpaired) electrons. The quantitative estimate of drug-likeness (QED) is 0.288. The minimum absolute atomic E-state index is 0.0626. The minimum atomic E-state index is -0.130. The predicted octanol–water partition coefficient (Wildman–Crippen LogP) is 5.04. The van der Waals surface area contributed by atoms with Gasteiger partial charge in [0.15, 0.2) is 0 Å². The lowest BCUT2D eigenvalue weighted by molar-refractivity contribution is -0.149. The van der Waals surface area contributed by atoms with Crippen LogP contribution in [0.4, 0.5) is 0 Å². The van der Waals surface area contributed by atoms with Crippen LogP contribution in [-0.2, 0) is 14.3 Å². The summed E-state index contributed by atoms with van der Waals surface area (Å²) < 4.78 is 11.0. The van der Waals surface area contributed by atoms with Crippen LogP contribution in [0.2, 0.25) is 0 Å². The molecule has 21 heavy (non-hydrogen) atoms. The zero-order valence-electron chi connectivity index (χ0n) is 14.5. The van der Waals surface area contributed by atoms with Gasteiger partial charge in [-0.2, -0.15) is 0 Å². The number of carbonyl (C=O) groups excluding carboxylic acids is 1. The van der Waals surface area contributed by atoms with Gasteiger partial charge in [0, 0.05) is 12.8 Å². The second kappa shape index (κ2) is 11.8. The first kappa shape index (κ1) is 20.2. The molecule has 0 aromatic heterocycles. The number of ether oxygens (including phenoxy) is 2. The number of unbranched alkanes of at least 4 members (excludes halogenated alkanes) is 5. The summed E-state index contributed by atoms with van der Waals surface area (Å²) in [5.74, 6) is -0.0793. The number of hydrogen-bond acceptors (Lipinski definition) is 3.